The summed E-state index contributed by atoms with van der Waals surface area (Å²) in [5.74, 6) is 0.765. The third-order valence-corrected chi connectivity index (χ3v) is 5.42. The number of pyridine rings is 2. The van der Waals surface area contributed by atoms with Crippen molar-refractivity contribution in [2.45, 2.75) is 6.54 Å². The van der Waals surface area contributed by atoms with Gasteiger partial charge in [-0.25, -0.2) is 0 Å². The van der Waals surface area contributed by atoms with E-state index >= 15 is 0 Å². The van der Waals surface area contributed by atoms with Crippen LogP contribution < -0.4 is 0 Å². The summed E-state index contributed by atoms with van der Waals surface area (Å²) in [6.45, 7) is 0.713. The highest BCUT2D eigenvalue weighted by Crippen LogP contribution is 2.27. The molecule has 148 valence electrons. The summed E-state index contributed by atoms with van der Waals surface area (Å²) < 4.78 is 3.92. The molecule has 2 aromatic carbocycles. The molecule has 6 heteroatoms. The summed E-state index contributed by atoms with van der Waals surface area (Å²) in [5, 5.41) is 14.4. The molecule has 0 aliphatic carbocycles. The van der Waals surface area contributed by atoms with Gasteiger partial charge in [0.05, 0.1) is 23.8 Å². The third kappa shape index (κ3) is 3.14. The molecule has 0 fully saturated rings. The minimum absolute atomic E-state index is 0.713. The second-order valence-electron chi connectivity index (χ2n) is 7.47. The maximum absolute atomic E-state index is 4.64. The van der Waals surface area contributed by atoms with Crippen molar-refractivity contribution in [3.05, 3.63) is 103 Å². The molecule has 6 rings (SSSR count). The van der Waals surface area contributed by atoms with Crippen LogP contribution in [0.3, 0.4) is 0 Å². The molecule has 0 spiro atoms. The number of rotatable bonds is 4. The minimum Gasteiger partial charge on any atom is -0.282 e. The lowest BCUT2D eigenvalue weighted by Crippen LogP contribution is -1.99. The Morgan fingerprint density at radius 3 is 2.39 bits per heavy atom. The number of benzene rings is 2. The summed E-state index contributed by atoms with van der Waals surface area (Å²) in [5.41, 5.74) is 5.99. The first kappa shape index (κ1) is 17.5. The van der Waals surface area contributed by atoms with E-state index in [0.717, 1.165) is 39.1 Å². The van der Waals surface area contributed by atoms with Crippen LogP contribution in [0.25, 0.3) is 39.1 Å². The highest BCUT2D eigenvalue weighted by molar-refractivity contribution is 5.94. The SMILES string of the molecule is c1ccc(Cn2cc(-c3nnc4c5cc(-c6ccccc6)cnc5ccn34)cn2)cc1. The van der Waals surface area contributed by atoms with Crippen molar-refractivity contribution in [2.24, 2.45) is 0 Å². The van der Waals surface area contributed by atoms with Gasteiger partial charge in [0.2, 0.25) is 0 Å². The molecule has 0 atom stereocenters. The van der Waals surface area contributed by atoms with Gasteiger partial charge in [-0.05, 0) is 23.3 Å². The molecule has 0 N–H and O–H groups in total. The van der Waals surface area contributed by atoms with Gasteiger partial charge in [-0.1, -0.05) is 60.7 Å². The van der Waals surface area contributed by atoms with E-state index in [0.29, 0.717) is 6.54 Å². The van der Waals surface area contributed by atoms with Gasteiger partial charge in [0, 0.05) is 29.5 Å². The number of aromatic nitrogens is 6. The molecular formula is C25H18N6. The number of nitrogens with zero attached hydrogens (tertiary/aromatic N) is 6. The van der Waals surface area contributed by atoms with Crippen LogP contribution in [-0.2, 0) is 6.54 Å². The summed E-state index contributed by atoms with van der Waals surface area (Å²) >= 11 is 0. The molecule has 0 aliphatic rings. The molecular weight excluding hydrogens is 384 g/mol. The fourth-order valence-electron chi connectivity index (χ4n) is 3.87. The monoisotopic (exact) mass is 402 g/mol. The lowest BCUT2D eigenvalue weighted by molar-refractivity contribution is 0.687. The Morgan fingerprint density at radius 1 is 0.742 bits per heavy atom. The third-order valence-electron chi connectivity index (χ3n) is 5.42. The first-order valence-corrected chi connectivity index (χ1v) is 10.1. The van der Waals surface area contributed by atoms with Crippen molar-refractivity contribution >= 4 is 16.6 Å². The molecule has 6 nitrogen and oxygen atoms in total. The van der Waals surface area contributed by atoms with E-state index < -0.39 is 0 Å². The second-order valence-corrected chi connectivity index (χ2v) is 7.47. The van der Waals surface area contributed by atoms with Crippen molar-refractivity contribution < 1.29 is 0 Å². The van der Waals surface area contributed by atoms with Crippen LogP contribution in [0.2, 0.25) is 0 Å². The normalized spacial score (nSPS) is 11.4. The maximum Gasteiger partial charge on any atom is 0.171 e. The maximum atomic E-state index is 4.64. The number of fused-ring (bicyclic) bond motifs is 3. The van der Waals surface area contributed by atoms with Gasteiger partial charge < -0.3 is 0 Å². The molecule has 0 aliphatic heterocycles. The summed E-state index contributed by atoms with van der Waals surface area (Å²) in [6, 6.07) is 24.6. The molecule has 0 saturated heterocycles. The standard InChI is InChI=1S/C25H18N6/c1-3-7-18(8-4-1)16-30-17-21(15-27-30)24-28-29-25-22-13-20(19-9-5-2-6-10-19)14-26-23(22)11-12-31(24)25/h1-15,17H,16H2. The first-order valence-electron chi connectivity index (χ1n) is 10.1. The van der Waals surface area contributed by atoms with E-state index in [1.165, 1.54) is 5.56 Å². The first-order chi connectivity index (χ1) is 15.3. The molecule has 4 heterocycles. The predicted molar refractivity (Wildman–Crippen MR) is 120 cm³/mol. The van der Waals surface area contributed by atoms with E-state index in [2.05, 4.69) is 50.6 Å². The van der Waals surface area contributed by atoms with Gasteiger partial charge in [-0.15, -0.1) is 10.2 Å². The Morgan fingerprint density at radius 2 is 1.55 bits per heavy atom. The fourth-order valence-corrected chi connectivity index (χ4v) is 3.87. The zero-order chi connectivity index (χ0) is 20.6. The van der Waals surface area contributed by atoms with E-state index in [9.17, 15) is 0 Å². The zero-order valence-electron chi connectivity index (χ0n) is 16.6. The highest BCUT2D eigenvalue weighted by Gasteiger charge is 2.14. The summed E-state index contributed by atoms with van der Waals surface area (Å²) in [4.78, 5) is 4.64. The van der Waals surface area contributed by atoms with Gasteiger partial charge in [0.25, 0.3) is 0 Å². The van der Waals surface area contributed by atoms with E-state index in [4.69, 9.17) is 0 Å². The summed E-state index contributed by atoms with van der Waals surface area (Å²) in [6.07, 6.45) is 7.71. The van der Waals surface area contributed by atoms with Crippen LogP contribution in [0.4, 0.5) is 0 Å². The van der Waals surface area contributed by atoms with Gasteiger partial charge in [-0.2, -0.15) is 5.10 Å². The van der Waals surface area contributed by atoms with Crippen LogP contribution >= 0.6 is 0 Å². The van der Waals surface area contributed by atoms with Crippen molar-refractivity contribution in [3.8, 4) is 22.5 Å². The van der Waals surface area contributed by atoms with Crippen molar-refractivity contribution in [1.29, 1.82) is 0 Å². The van der Waals surface area contributed by atoms with Gasteiger partial charge in [0.15, 0.2) is 11.5 Å². The van der Waals surface area contributed by atoms with Gasteiger partial charge in [0.1, 0.15) is 0 Å². The van der Waals surface area contributed by atoms with E-state index in [1.54, 1.807) is 0 Å². The van der Waals surface area contributed by atoms with Crippen LogP contribution in [0.1, 0.15) is 5.56 Å². The molecule has 0 radical (unpaired) electrons. The van der Waals surface area contributed by atoms with Gasteiger partial charge >= 0.3 is 0 Å². The van der Waals surface area contributed by atoms with Crippen LogP contribution in [-0.4, -0.2) is 29.4 Å². The zero-order valence-corrected chi connectivity index (χ0v) is 16.6. The lowest BCUT2D eigenvalue weighted by atomic mass is 10.1. The molecule has 0 unspecified atom stereocenters. The molecule has 0 saturated carbocycles. The molecule has 31 heavy (non-hydrogen) atoms. The molecule has 6 aromatic rings. The molecule has 0 amide bonds. The minimum atomic E-state index is 0.713. The Balaban J connectivity index is 1.42. The average molecular weight is 402 g/mol. The molecule has 0 bridgehead atoms. The van der Waals surface area contributed by atoms with E-state index in [1.807, 2.05) is 76.3 Å². The quantitative estimate of drug-likeness (QED) is 0.423. The topological polar surface area (TPSA) is 60.9 Å². The Labute approximate surface area is 178 Å². The van der Waals surface area contributed by atoms with Crippen LogP contribution in [0.5, 0.6) is 0 Å². The largest absolute Gasteiger partial charge is 0.282 e. The van der Waals surface area contributed by atoms with Gasteiger partial charge in [-0.3, -0.25) is 14.1 Å². The Bertz CT molecular complexity index is 1500. The predicted octanol–water partition coefficient (Wildman–Crippen LogP) is 4.86. The Hall–Kier alpha value is -4.32. The highest BCUT2D eigenvalue weighted by atomic mass is 15.3. The second kappa shape index (κ2) is 7.18. The number of hydrogen-bond acceptors (Lipinski definition) is 4. The fraction of sp³-hybridized carbons (Fsp3) is 0.0400. The van der Waals surface area contributed by atoms with Crippen molar-refractivity contribution in [2.75, 3.05) is 0 Å². The van der Waals surface area contributed by atoms with Crippen LogP contribution in [0.15, 0.2) is 97.6 Å². The molecule has 4 aromatic heterocycles. The smallest absolute Gasteiger partial charge is 0.171 e. The van der Waals surface area contributed by atoms with E-state index in [-0.39, 0.29) is 0 Å². The van der Waals surface area contributed by atoms with Crippen molar-refractivity contribution in [1.82, 2.24) is 29.4 Å². The van der Waals surface area contributed by atoms with Crippen molar-refractivity contribution in [3.63, 3.8) is 0 Å². The number of hydrogen-bond donors (Lipinski definition) is 0. The average Bonchev–Trinajstić information content (AvgIpc) is 3.47. The lowest BCUT2D eigenvalue weighted by Gasteiger charge is -2.05. The Kier molecular flexibility index (Phi) is 4.06. The van der Waals surface area contributed by atoms with Crippen LogP contribution in [0, 0.1) is 0 Å². The summed E-state index contributed by atoms with van der Waals surface area (Å²) in [7, 11) is 0.